The molecular weight excluding hydrogens is 494 g/mol. The Bertz CT molecular complexity index is 1600. The molecule has 39 heavy (non-hydrogen) atoms. The third-order valence-electron chi connectivity index (χ3n) is 7.12. The Labute approximate surface area is 226 Å². The van der Waals surface area contributed by atoms with Gasteiger partial charge in [0.05, 0.1) is 52.8 Å². The van der Waals surface area contributed by atoms with Crippen molar-refractivity contribution in [3.05, 3.63) is 48.3 Å². The van der Waals surface area contributed by atoms with Crippen LogP contribution in [0.15, 0.2) is 42.7 Å². The maximum atomic E-state index is 12.5. The van der Waals surface area contributed by atoms with Gasteiger partial charge < -0.3 is 35.9 Å². The van der Waals surface area contributed by atoms with Crippen molar-refractivity contribution in [1.29, 1.82) is 5.26 Å². The highest BCUT2D eigenvalue weighted by atomic mass is 16.5. The van der Waals surface area contributed by atoms with Gasteiger partial charge in [-0.3, -0.25) is 4.79 Å². The Morgan fingerprint density at radius 1 is 1.15 bits per heavy atom. The van der Waals surface area contributed by atoms with Gasteiger partial charge in [-0.25, -0.2) is 9.97 Å². The van der Waals surface area contributed by atoms with E-state index >= 15 is 0 Å². The maximum absolute atomic E-state index is 12.5. The lowest BCUT2D eigenvalue weighted by atomic mass is 10.1. The summed E-state index contributed by atoms with van der Waals surface area (Å²) in [4.78, 5) is 25.5. The monoisotopic (exact) mass is 525 g/mol. The van der Waals surface area contributed by atoms with E-state index < -0.39 is 0 Å². The molecular formula is C28H31N9O2. The Morgan fingerprint density at radius 3 is 2.64 bits per heavy atom. The molecule has 1 amide bonds. The highest BCUT2D eigenvalue weighted by Gasteiger charge is 2.26. The van der Waals surface area contributed by atoms with E-state index in [1.165, 1.54) is 13.2 Å². The third-order valence-corrected chi connectivity index (χ3v) is 7.12. The van der Waals surface area contributed by atoms with Crippen LogP contribution in [0, 0.1) is 11.3 Å². The molecule has 4 heterocycles. The molecule has 0 aliphatic carbocycles. The average Bonchev–Trinajstić information content (AvgIpc) is 3.62. The van der Waals surface area contributed by atoms with E-state index in [1.54, 1.807) is 19.1 Å². The Kier molecular flexibility index (Phi) is 6.96. The van der Waals surface area contributed by atoms with Gasteiger partial charge in [-0.1, -0.05) is 12.1 Å². The zero-order valence-corrected chi connectivity index (χ0v) is 22.2. The Hall–Kier alpha value is -4.82. The lowest BCUT2D eigenvalue weighted by molar-refractivity contribution is -0.119. The number of para-hydroxylation sites is 1. The minimum atomic E-state index is -0.00485. The molecule has 1 saturated heterocycles. The standard InChI is InChI=1S/C27H26N8O2.CH5N/c1-33-21-7-5-6-17-18(14-35(26(17)21)15-24(33)36)25-16(12-28)13-30-27(32-25)31-20-10-19(29)22(11-23(20)37-2)34-8-3-4-9-34;1-2/h5-7,10-11,13-14H,3-4,8-9,15,29H2,1-2H3,(H,30,31,32);2H2,1H3. The van der Waals surface area contributed by atoms with Crippen LogP contribution < -0.4 is 31.3 Å². The number of likely N-dealkylation sites (N-methyl/N-ethyl adjacent to an activating group) is 1. The number of nitrogen functional groups attached to an aromatic ring is 1. The molecule has 6 rings (SSSR count). The van der Waals surface area contributed by atoms with Gasteiger partial charge in [0.2, 0.25) is 11.9 Å². The predicted molar refractivity (Wildman–Crippen MR) is 153 cm³/mol. The molecule has 0 saturated carbocycles. The van der Waals surface area contributed by atoms with Gasteiger partial charge in [-0.2, -0.15) is 5.26 Å². The lowest BCUT2D eigenvalue weighted by Crippen LogP contribution is -2.33. The fourth-order valence-corrected chi connectivity index (χ4v) is 5.24. The van der Waals surface area contributed by atoms with E-state index in [0.29, 0.717) is 34.3 Å². The fraction of sp³-hybridized carbons (Fsp3) is 0.286. The first-order chi connectivity index (χ1) is 19.0. The summed E-state index contributed by atoms with van der Waals surface area (Å²) in [5.74, 6) is 0.926. The van der Waals surface area contributed by atoms with Gasteiger partial charge >= 0.3 is 0 Å². The van der Waals surface area contributed by atoms with E-state index in [0.717, 1.165) is 53.8 Å². The fourth-order valence-electron chi connectivity index (χ4n) is 5.24. The highest BCUT2D eigenvalue weighted by Crippen LogP contribution is 2.40. The summed E-state index contributed by atoms with van der Waals surface area (Å²) in [5, 5.41) is 14.0. The number of carbonyl (C=O) groups excluding carboxylic acids is 1. The van der Waals surface area contributed by atoms with Crippen LogP contribution in [-0.2, 0) is 11.3 Å². The average molecular weight is 526 g/mol. The van der Waals surface area contributed by atoms with Crippen LogP contribution in [0.3, 0.4) is 0 Å². The van der Waals surface area contributed by atoms with Crippen LogP contribution in [0.1, 0.15) is 18.4 Å². The number of methoxy groups -OCH3 is 1. The van der Waals surface area contributed by atoms with Gasteiger partial charge in [0.25, 0.3) is 0 Å². The van der Waals surface area contributed by atoms with Crippen LogP contribution in [0.25, 0.3) is 22.2 Å². The molecule has 2 aromatic heterocycles. The molecule has 11 nitrogen and oxygen atoms in total. The number of amides is 1. The van der Waals surface area contributed by atoms with Crippen molar-refractivity contribution >= 4 is 45.5 Å². The summed E-state index contributed by atoms with van der Waals surface area (Å²) in [6.07, 6.45) is 5.68. The second-order valence-electron chi connectivity index (χ2n) is 9.29. The summed E-state index contributed by atoms with van der Waals surface area (Å²) in [7, 11) is 4.89. The first kappa shape index (κ1) is 25.8. The van der Waals surface area contributed by atoms with Gasteiger partial charge in [-0.05, 0) is 32.0 Å². The molecule has 4 aromatic rings. The molecule has 2 aromatic carbocycles. The molecule has 2 aliphatic heterocycles. The van der Waals surface area contributed by atoms with Gasteiger partial charge in [-0.15, -0.1) is 0 Å². The SMILES string of the molecule is CN.COc1cc(N2CCCC2)c(N)cc1Nc1ncc(C#N)c(-c2cn3c4c(cccc24)N(C)C(=O)C3)n1. The number of nitrogens with two attached hydrogens (primary N) is 2. The van der Waals surface area contributed by atoms with E-state index in [2.05, 4.69) is 27.0 Å². The van der Waals surface area contributed by atoms with Crippen LogP contribution in [0.2, 0.25) is 0 Å². The first-order valence-corrected chi connectivity index (χ1v) is 12.7. The third kappa shape index (κ3) is 4.45. The molecule has 0 bridgehead atoms. The number of benzene rings is 2. The number of carbonyl (C=O) groups is 1. The topological polar surface area (TPSA) is 151 Å². The molecule has 2 aliphatic rings. The summed E-state index contributed by atoms with van der Waals surface area (Å²) < 4.78 is 7.57. The van der Waals surface area contributed by atoms with E-state index in [9.17, 15) is 10.1 Å². The number of aromatic nitrogens is 3. The molecule has 1 fully saturated rings. The smallest absolute Gasteiger partial charge is 0.246 e. The number of ether oxygens (including phenoxy) is 1. The number of hydrogen-bond donors (Lipinski definition) is 3. The second kappa shape index (κ2) is 10.5. The van der Waals surface area contributed by atoms with Crippen molar-refractivity contribution in [2.75, 3.05) is 55.1 Å². The van der Waals surface area contributed by atoms with Gasteiger partial charge in [0, 0.05) is 43.4 Å². The first-order valence-electron chi connectivity index (χ1n) is 12.7. The molecule has 0 radical (unpaired) electrons. The molecule has 200 valence electrons. The maximum Gasteiger partial charge on any atom is 0.246 e. The zero-order chi connectivity index (χ0) is 27.7. The van der Waals surface area contributed by atoms with Crippen LogP contribution >= 0.6 is 0 Å². The number of hydrogen-bond acceptors (Lipinski definition) is 9. The van der Waals surface area contributed by atoms with Crippen LogP contribution in [0.5, 0.6) is 5.75 Å². The van der Waals surface area contributed by atoms with E-state index in [1.807, 2.05) is 41.1 Å². The highest BCUT2D eigenvalue weighted by molar-refractivity contribution is 6.10. The second-order valence-corrected chi connectivity index (χ2v) is 9.29. The summed E-state index contributed by atoms with van der Waals surface area (Å²) in [6, 6.07) is 11.8. The van der Waals surface area contributed by atoms with Crippen molar-refractivity contribution in [2.24, 2.45) is 5.73 Å². The normalized spacial score (nSPS) is 14.2. The number of nitriles is 1. The Morgan fingerprint density at radius 2 is 1.92 bits per heavy atom. The summed E-state index contributed by atoms with van der Waals surface area (Å²) >= 11 is 0. The predicted octanol–water partition coefficient (Wildman–Crippen LogP) is 3.46. The van der Waals surface area contributed by atoms with Crippen LogP contribution in [-0.4, -0.2) is 54.7 Å². The number of anilines is 5. The van der Waals surface area contributed by atoms with E-state index in [-0.39, 0.29) is 12.5 Å². The lowest BCUT2D eigenvalue weighted by Gasteiger charge is -2.24. The van der Waals surface area contributed by atoms with Gasteiger partial charge in [0.15, 0.2) is 0 Å². The number of nitrogens with one attached hydrogen (secondary N) is 1. The quantitative estimate of drug-likeness (QED) is 0.333. The molecule has 11 heteroatoms. The van der Waals surface area contributed by atoms with Crippen molar-refractivity contribution in [2.45, 2.75) is 19.4 Å². The summed E-state index contributed by atoms with van der Waals surface area (Å²) in [5.41, 5.74) is 16.5. The minimum absolute atomic E-state index is 0.00485. The van der Waals surface area contributed by atoms with Crippen molar-refractivity contribution in [1.82, 2.24) is 14.5 Å². The van der Waals surface area contributed by atoms with Crippen molar-refractivity contribution < 1.29 is 9.53 Å². The van der Waals surface area contributed by atoms with Crippen LogP contribution in [0.4, 0.5) is 28.7 Å². The molecule has 0 atom stereocenters. The summed E-state index contributed by atoms with van der Waals surface area (Å²) in [6.45, 7) is 2.17. The Balaban J connectivity index is 0.00000151. The number of rotatable bonds is 5. The van der Waals surface area contributed by atoms with Crippen molar-refractivity contribution in [3.63, 3.8) is 0 Å². The van der Waals surface area contributed by atoms with Crippen molar-refractivity contribution in [3.8, 4) is 23.1 Å². The molecule has 0 spiro atoms. The minimum Gasteiger partial charge on any atom is -0.494 e. The molecule has 5 N–H and O–H groups in total. The largest absolute Gasteiger partial charge is 0.494 e. The zero-order valence-electron chi connectivity index (χ0n) is 22.2. The molecule has 0 unspecified atom stereocenters. The van der Waals surface area contributed by atoms with Gasteiger partial charge in [0.1, 0.15) is 18.4 Å². The van der Waals surface area contributed by atoms with E-state index in [4.69, 9.17) is 15.5 Å². The number of nitrogens with zero attached hydrogens (tertiary/aromatic N) is 6.